The monoisotopic (exact) mass is 279 g/mol. The average molecular weight is 279 g/mol. The van der Waals surface area contributed by atoms with Crippen LogP contribution in [-0.2, 0) is 13.6 Å². The van der Waals surface area contributed by atoms with Crippen molar-refractivity contribution < 1.29 is 0 Å². The summed E-state index contributed by atoms with van der Waals surface area (Å²) >= 11 is 0. The molecule has 2 heterocycles. The fourth-order valence-corrected chi connectivity index (χ4v) is 2.79. The van der Waals surface area contributed by atoms with Crippen LogP contribution < -0.4 is 5.32 Å². The maximum absolute atomic E-state index is 4.45. The van der Waals surface area contributed by atoms with Gasteiger partial charge in [-0.25, -0.2) is 0 Å². The molecule has 1 aromatic rings. The molecule has 5 heteroatoms. The van der Waals surface area contributed by atoms with E-state index in [1.165, 1.54) is 50.4 Å². The molecular formula is C15H29N5. The molecule has 1 saturated heterocycles. The molecule has 114 valence electrons. The third kappa shape index (κ3) is 4.04. The fraction of sp³-hybridized carbons (Fsp3) is 0.800. The number of nitrogens with one attached hydrogen (secondary N) is 1. The van der Waals surface area contributed by atoms with Crippen molar-refractivity contribution >= 4 is 0 Å². The van der Waals surface area contributed by atoms with Gasteiger partial charge in [0.25, 0.3) is 0 Å². The van der Waals surface area contributed by atoms with E-state index in [0.29, 0.717) is 0 Å². The Bertz CT molecular complexity index is 418. The Balaban J connectivity index is 1.62. The molecule has 0 bridgehead atoms. The summed E-state index contributed by atoms with van der Waals surface area (Å²) in [4.78, 5) is 4.98. The van der Waals surface area contributed by atoms with Crippen LogP contribution in [0.2, 0.25) is 0 Å². The first kappa shape index (κ1) is 15.5. The average Bonchev–Trinajstić information content (AvgIpc) is 2.66. The van der Waals surface area contributed by atoms with Crippen LogP contribution in [-0.4, -0.2) is 65.9 Å². The minimum atomic E-state index is 0.939. The summed E-state index contributed by atoms with van der Waals surface area (Å²) in [6.45, 7) is 12.3. The molecule has 0 amide bonds. The van der Waals surface area contributed by atoms with E-state index in [-0.39, 0.29) is 0 Å². The molecule has 1 aromatic heterocycles. The van der Waals surface area contributed by atoms with E-state index in [1.54, 1.807) is 0 Å². The van der Waals surface area contributed by atoms with Gasteiger partial charge in [-0.1, -0.05) is 0 Å². The maximum atomic E-state index is 4.45. The smallest absolute Gasteiger partial charge is 0.0641 e. The summed E-state index contributed by atoms with van der Waals surface area (Å²) in [6, 6.07) is 0. The Morgan fingerprint density at radius 1 is 1.10 bits per heavy atom. The van der Waals surface area contributed by atoms with E-state index >= 15 is 0 Å². The molecule has 0 saturated carbocycles. The Morgan fingerprint density at radius 3 is 2.40 bits per heavy atom. The number of hydrogen-bond acceptors (Lipinski definition) is 4. The van der Waals surface area contributed by atoms with Crippen LogP contribution in [0, 0.1) is 13.8 Å². The predicted molar refractivity (Wildman–Crippen MR) is 82.9 cm³/mol. The topological polar surface area (TPSA) is 36.3 Å². The minimum Gasteiger partial charge on any atom is -0.312 e. The summed E-state index contributed by atoms with van der Waals surface area (Å²) in [6.07, 6.45) is 1.22. The molecule has 1 aliphatic heterocycles. The van der Waals surface area contributed by atoms with Crippen molar-refractivity contribution in [2.24, 2.45) is 7.05 Å². The molecule has 0 aromatic carbocycles. The highest BCUT2D eigenvalue weighted by atomic mass is 15.3. The van der Waals surface area contributed by atoms with Crippen LogP contribution >= 0.6 is 0 Å². The van der Waals surface area contributed by atoms with Crippen LogP contribution in [0.3, 0.4) is 0 Å². The highest BCUT2D eigenvalue weighted by Gasteiger charge is 2.13. The van der Waals surface area contributed by atoms with Gasteiger partial charge in [-0.05, 0) is 40.4 Å². The van der Waals surface area contributed by atoms with Gasteiger partial charge in [0.05, 0.1) is 5.69 Å². The number of nitrogens with zero attached hydrogens (tertiary/aromatic N) is 4. The van der Waals surface area contributed by atoms with Crippen molar-refractivity contribution in [1.29, 1.82) is 0 Å². The molecule has 1 fully saturated rings. The molecule has 0 spiro atoms. The molecule has 0 unspecified atom stereocenters. The van der Waals surface area contributed by atoms with Crippen molar-refractivity contribution in [3.63, 3.8) is 0 Å². The Labute approximate surface area is 122 Å². The summed E-state index contributed by atoms with van der Waals surface area (Å²) in [5, 5.41) is 8.01. The number of rotatable bonds is 6. The van der Waals surface area contributed by atoms with Gasteiger partial charge < -0.3 is 15.1 Å². The third-order valence-electron chi connectivity index (χ3n) is 4.38. The van der Waals surface area contributed by atoms with Gasteiger partial charge in [0.2, 0.25) is 0 Å². The largest absolute Gasteiger partial charge is 0.312 e. The van der Waals surface area contributed by atoms with Gasteiger partial charge in [0.1, 0.15) is 0 Å². The number of piperazine rings is 1. The maximum Gasteiger partial charge on any atom is 0.0641 e. The molecule has 2 rings (SSSR count). The number of likely N-dealkylation sites (N-methyl/N-ethyl adjacent to an activating group) is 1. The predicted octanol–water partition coefficient (Wildman–Crippen LogP) is 0.764. The number of aryl methyl sites for hydroxylation is 2. The molecule has 0 atom stereocenters. The normalized spacial score (nSPS) is 17.8. The first-order valence-corrected chi connectivity index (χ1v) is 7.68. The molecule has 5 nitrogen and oxygen atoms in total. The quantitative estimate of drug-likeness (QED) is 0.780. The lowest BCUT2D eigenvalue weighted by atomic mass is 10.2. The fourth-order valence-electron chi connectivity index (χ4n) is 2.79. The zero-order chi connectivity index (χ0) is 14.5. The molecule has 1 N–H and O–H groups in total. The first-order valence-electron chi connectivity index (χ1n) is 7.68. The second-order valence-corrected chi connectivity index (χ2v) is 5.95. The number of aromatic nitrogens is 2. The van der Waals surface area contributed by atoms with Gasteiger partial charge in [-0.15, -0.1) is 0 Å². The number of hydrogen-bond donors (Lipinski definition) is 1. The zero-order valence-electron chi connectivity index (χ0n) is 13.4. The second-order valence-electron chi connectivity index (χ2n) is 5.95. The van der Waals surface area contributed by atoms with E-state index in [9.17, 15) is 0 Å². The van der Waals surface area contributed by atoms with E-state index in [0.717, 1.165) is 18.8 Å². The van der Waals surface area contributed by atoms with E-state index < -0.39 is 0 Å². The molecule has 1 aliphatic rings. The van der Waals surface area contributed by atoms with Crippen molar-refractivity contribution in [3.8, 4) is 0 Å². The summed E-state index contributed by atoms with van der Waals surface area (Å²) in [5.74, 6) is 0. The van der Waals surface area contributed by atoms with Gasteiger partial charge in [0.15, 0.2) is 0 Å². The summed E-state index contributed by atoms with van der Waals surface area (Å²) < 4.78 is 1.97. The van der Waals surface area contributed by atoms with Crippen molar-refractivity contribution in [2.75, 3.05) is 46.3 Å². The van der Waals surface area contributed by atoms with Crippen LogP contribution in [0.4, 0.5) is 0 Å². The van der Waals surface area contributed by atoms with Crippen LogP contribution in [0.15, 0.2) is 0 Å². The Hall–Kier alpha value is -0.910. The van der Waals surface area contributed by atoms with Gasteiger partial charge in [-0.2, -0.15) is 5.10 Å². The van der Waals surface area contributed by atoms with E-state index in [2.05, 4.69) is 41.1 Å². The lowest BCUT2D eigenvalue weighted by Crippen LogP contribution is -2.45. The zero-order valence-corrected chi connectivity index (χ0v) is 13.4. The molecule has 0 radical (unpaired) electrons. The van der Waals surface area contributed by atoms with E-state index in [4.69, 9.17) is 0 Å². The first-order chi connectivity index (χ1) is 9.58. The van der Waals surface area contributed by atoms with Crippen LogP contribution in [0.5, 0.6) is 0 Å². The van der Waals surface area contributed by atoms with Gasteiger partial charge in [0, 0.05) is 51.0 Å². The van der Waals surface area contributed by atoms with Gasteiger partial charge in [-0.3, -0.25) is 4.68 Å². The highest BCUT2D eigenvalue weighted by molar-refractivity contribution is 5.23. The van der Waals surface area contributed by atoms with Crippen LogP contribution in [0.25, 0.3) is 0 Å². The molecule has 20 heavy (non-hydrogen) atoms. The molecule has 0 aliphatic carbocycles. The Morgan fingerprint density at radius 2 is 1.80 bits per heavy atom. The van der Waals surface area contributed by atoms with Crippen LogP contribution in [0.1, 0.15) is 23.4 Å². The highest BCUT2D eigenvalue weighted by Crippen LogP contribution is 2.11. The standard InChI is InChI=1S/C15H29N5/c1-13-15(14(2)19(4)17-13)12-16-6-5-7-20-10-8-18(3)9-11-20/h16H,5-12H2,1-4H3. The summed E-state index contributed by atoms with van der Waals surface area (Å²) in [7, 11) is 4.22. The summed E-state index contributed by atoms with van der Waals surface area (Å²) in [5.41, 5.74) is 3.78. The van der Waals surface area contributed by atoms with Crippen molar-refractivity contribution in [1.82, 2.24) is 24.9 Å². The third-order valence-corrected chi connectivity index (χ3v) is 4.38. The van der Waals surface area contributed by atoms with Crippen molar-refractivity contribution in [2.45, 2.75) is 26.8 Å². The van der Waals surface area contributed by atoms with E-state index in [1.807, 2.05) is 11.7 Å². The van der Waals surface area contributed by atoms with Crippen molar-refractivity contribution in [3.05, 3.63) is 17.0 Å². The SMILES string of the molecule is Cc1nn(C)c(C)c1CNCCCN1CCN(C)CC1. The minimum absolute atomic E-state index is 0.939. The second kappa shape index (κ2) is 7.20. The lowest BCUT2D eigenvalue weighted by molar-refractivity contribution is 0.152. The molecular weight excluding hydrogens is 250 g/mol. The Kier molecular flexibility index (Phi) is 5.57. The van der Waals surface area contributed by atoms with Gasteiger partial charge >= 0.3 is 0 Å². The lowest BCUT2D eigenvalue weighted by Gasteiger charge is -2.32.